The molecule has 2 N–H and O–H groups in total. The zero-order valence-electron chi connectivity index (χ0n) is 14.6. The van der Waals surface area contributed by atoms with Gasteiger partial charge in [-0.1, -0.05) is 52.4 Å². The molecular formula is C17H39NO2. The van der Waals surface area contributed by atoms with Crippen molar-refractivity contribution < 1.29 is 10.2 Å². The molecule has 0 bridgehead atoms. The molecule has 3 nitrogen and oxygen atoms in total. The molecule has 0 amide bonds. The van der Waals surface area contributed by atoms with Crippen molar-refractivity contribution in [1.29, 1.82) is 0 Å². The summed E-state index contributed by atoms with van der Waals surface area (Å²) in [6.45, 7) is 10.1. The second-order valence-electron chi connectivity index (χ2n) is 6.40. The SMILES string of the molecule is CC(C)(O)CO.CCCCCCN(C)CCCCCC. The van der Waals surface area contributed by atoms with Crippen molar-refractivity contribution in [2.24, 2.45) is 0 Å². The first-order chi connectivity index (χ1) is 9.37. The normalized spacial score (nSPS) is 11.4. The van der Waals surface area contributed by atoms with Crippen LogP contribution in [0.2, 0.25) is 0 Å². The van der Waals surface area contributed by atoms with Gasteiger partial charge in [0.15, 0.2) is 0 Å². The molecule has 0 spiro atoms. The van der Waals surface area contributed by atoms with Crippen molar-refractivity contribution in [3.05, 3.63) is 0 Å². The number of aliphatic hydroxyl groups excluding tert-OH is 1. The van der Waals surface area contributed by atoms with Gasteiger partial charge in [-0.05, 0) is 46.8 Å². The number of rotatable bonds is 11. The second kappa shape index (κ2) is 15.3. The number of hydrogen-bond acceptors (Lipinski definition) is 3. The van der Waals surface area contributed by atoms with Gasteiger partial charge in [-0.15, -0.1) is 0 Å². The van der Waals surface area contributed by atoms with Crippen LogP contribution in [0.25, 0.3) is 0 Å². The molecule has 3 heteroatoms. The van der Waals surface area contributed by atoms with E-state index in [1.807, 2.05) is 0 Å². The average molecular weight is 290 g/mol. The molecule has 20 heavy (non-hydrogen) atoms. The first-order valence-electron chi connectivity index (χ1n) is 8.39. The van der Waals surface area contributed by atoms with Crippen LogP contribution >= 0.6 is 0 Å². The first kappa shape index (κ1) is 22.2. The fourth-order valence-corrected chi connectivity index (χ4v) is 1.73. The highest BCUT2D eigenvalue weighted by atomic mass is 16.3. The molecule has 0 radical (unpaired) electrons. The van der Waals surface area contributed by atoms with Crippen molar-refractivity contribution in [1.82, 2.24) is 4.90 Å². The summed E-state index contributed by atoms with van der Waals surface area (Å²) in [5.41, 5.74) is -0.903. The van der Waals surface area contributed by atoms with Crippen molar-refractivity contribution in [2.45, 2.75) is 84.7 Å². The fourth-order valence-electron chi connectivity index (χ4n) is 1.73. The molecule has 0 aromatic heterocycles. The Morgan fingerprint density at radius 2 is 1.15 bits per heavy atom. The van der Waals surface area contributed by atoms with Gasteiger partial charge < -0.3 is 15.1 Å². The molecule has 0 aliphatic carbocycles. The smallest absolute Gasteiger partial charge is 0.0821 e. The van der Waals surface area contributed by atoms with Gasteiger partial charge in [0.25, 0.3) is 0 Å². The Kier molecular flexibility index (Phi) is 16.9. The average Bonchev–Trinajstić information content (AvgIpc) is 2.40. The predicted molar refractivity (Wildman–Crippen MR) is 89.2 cm³/mol. The van der Waals surface area contributed by atoms with Gasteiger partial charge in [-0.2, -0.15) is 0 Å². The molecule has 0 aromatic carbocycles. The van der Waals surface area contributed by atoms with E-state index in [1.165, 1.54) is 64.5 Å². The first-order valence-corrected chi connectivity index (χ1v) is 8.39. The monoisotopic (exact) mass is 289 g/mol. The lowest BCUT2D eigenvalue weighted by Gasteiger charge is -2.15. The molecule has 0 saturated heterocycles. The quantitative estimate of drug-likeness (QED) is 0.568. The topological polar surface area (TPSA) is 43.7 Å². The maximum Gasteiger partial charge on any atom is 0.0821 e. The van der Waals surface area contributed by atoms with E-state index in [4.69, 9.17) is 10.2 Å². The molecule has 0 aliphatic heterocycles. The zero-order chi connectivity index (χ0) is 15.9. The molecule has 0 rings (SSSR count). The molecule has 0 fully saturated rings. The van der Waals surface area contributed by atoms with Gasteiger partial charge in [0, 0.05) is 0 Å². The Balaban J connectivity index is 0. The highest BCUT2D eigenvalue weighted by molar-refractivity contribution is 4.59. The van der Waals surface area contributed by atoms with E-state index in [1.54, 1.807) is 13.8 Å². The Hall–Kier alpha value is -0.120. The van der Waals surface area contributed by atoms with E-state index in [0.29, 0.717) is 0 Å². The predicted octanol–water partition coefficient (Wildman–Crippen LogP) is 3.83. The van der Waals surface area contributed by atoms with E-state index >= 15 is 0 Å². The van der Waals surface area contributed by atoms with Crippen molar-refractivity contribution in [3.8, 4) is 0 Å². The van der Waals surface area contributed by atoms with Gasteiger partial charge in [-0.3, -0.25) is 0 Å². The number of hydrogen-bond donors (Lipinski definition) is 2. The molecule has 0 saturated carbocycles. The fraction of sp³-hybridized carbons (Fsp3) is 1.00. The van der Waals surface area contributed by atoms with E-state index in [2.05, 4.69) is 25.8 Å². The third-order valence-electron chi connectivity index (χ3n) is 3.17. The highest BCUT2D eigenvalue weighted by Crippen LogP contribution is 2.03. The lowest BCUT2D eigenvalue weighted by atomic mass is 10.2. The van der Waals surface area contributed by atoms with Crippen molar-refractivity contribution in [3.63, 3.8) is 0 Å². The maximum atomic E-state index is 8.58. The van der Waals surface area contributed by atoms with Crippen LogP contribution in [-0.2, 0) is 0 Å². The Labute approximate surface area is 127 Å². The summed E-state index contributed by atoms with van der Waals surface area (Å²) in [4.78, 5) is 2.49. The second-order valence-corrected chi connectivity index (χ2v) is 6.40. The number of aliphatic hydroxyl groups is 2. The Morgan fingerprint density at radius 1 is 0.800 bits per heavy atom. The summed E-state index contributed by atoms with van der Waals surface area (Å²) in [7, 11) is 2.26. The van der Waals surface area contributed by atoms with Crippen LogP contribution in [0.15, 0.2) is 0 Å². The van der Waals surface area contributed by atoms with Crippen molar-refractivity contribution >= 4 is 0 Å². The molecule has 0 heterocycles. The van der Waals surface area contributed by atoms with Crippen LogP contribution in [0.3, 0.4) is 0 Å². The molecule has 0 aromatic rings. The van der Waals surface area contributed by atoms with E-state index in [9.17, 15) is 0 Å². The van der Waals surface area contributed by atoms with Gasteiger partial charge >= 0.3 is 0 Å². The van der Waals surface area contributed by atoms with Crippen LogP contribution in [0, 0.1) is 0 Å². The van der Waals surface area contributed by atoms with Crippen molar-refractivity contribution in [2.75, 3.05) is 26.7 Å². The molecule has 0 aliphatic rings. The third-order valence-corrected chi connectivity index (χ3v) is 3.17. The van der Waals surface area contributed by atoms with Crippen LogP contribution in [0.5, 0.6) is 0 Å². The number of unbranched alkanes of at least 4 members (excludes halogenated alkanes) is 6. The van der Waals surface area contributed by atoms with Gasteiger partial charge in [0.05, 0.1) is 12.2 Å². The molecular weight excluding hydrogens is 250 g/mol. The summed E-state index contributed by atoms with van der Waals surface area (Å²) >= 11 is 0. The third kappa shape index (κ3) is 23.0. The van der Waals surface area contributed by atoms with E-state index in [0.717, 1.165) is 0 Å². The highest BCUT2D eigenvalue weighted by Gasteiger charge is 2.07. The van der Waals surface area contributed by atoms with Gasteiger partial charge in [-0.25, -0.2) is 0 Å². The summed E-state index contributed by atoms with van der Waals surface area (Å²) in [6, 6.07) is 0. The van der Waals surface area contributed by atoms with Crippen LogP contribution < -0.4 is 0 Å². The number of nitrogens with zero attached hydrogens (tertiary/aromatic N) is 1. The van der Waals surface area contributed by atoms with Gasteiger partial charge in [0.2, 0.25) is 0 Å². The zero-order valence-corrected chi connectivity index (χ0v) is 14.6. The standard InChI is InChI=1S/C13H29N.C4H10O2/c1-4-6-8-10-12-14(3)13-11-9-7-5-2;1-4(2,6)3-5/h4-13H2,1-3H3;5-6H,3H2,1-2H3. The summed E-state index contributed by atoms with van der Waals surface area (Å²) < 4.78 is 0. The van der Waals surface area contributed by atoms with Gasteiger partial charge in [0.1, 0.15) is 0 Å². The van der Waals surface area contributed by atoms with E-state index < -0.39 is 5.60 Å². The molecule has 124 valence electrons. The minimum Gasteiger partial charge on any atom is -0.393 e. The minimum absolute atomic E-state index is 0.174. The van der Waals surface area contributed by atoms with Crippen LogP contribution in [0.1, 0.15) is 79.1 Å². The lowest BCUT2D eigenvalue weighted by molar-refractivity contribution is 0.0183. The molecule has 0 unspecified atom stereocenters. The summed E-state index contributed by atoms with van der Waals surface area (Å²) in [5.74, 6) is 0. The minimum atomic E-state index is -0.903. The van der Waals surface area contributed by atoms with Crippen LogP contribution in [0.4, 0.5) is 0 Å². The summed E-state index contributed by atoms with van der Waals surface area (Å²) in [5, 5.41) is 16.7. The molecule has 0 atom stereocenters. The maximum absolute atomic E-state index is 8.58. The Morgan fingerprint density at radius 3 is 1.40 bits per heavy atom. The largest absolute Gasteiger partial charge is 0.393 e. The lowest BCUT2D eigenvalue weighted by Crippen LogP contribution is -2.23. The van der Waals surface area contributed by atoms with Crippen LogP contribution in [-0.4, -0.2) is 47.5 Å². The summed E-state index contributed by atoms with van der Waals surface area (Å²) in [6.07, 6.45) is 11.1. The Bertz CT molecular complexity index is 166. The van der Waals surface area contributed by atoms with E-state index in [-0.39, 0.29) is 6.61 Å².